The SMILES string of the molecule is Cc1ccc(NC(=O)C2(C)CCCS2)cc1O. The smallest absolute Gasteiger partial charge is 0.240 e. The summed E-state index contributed by atoms with van der Waals surface area (Å²) >= 11 is 1.70. The molecule has 0 aromatic heterocycles. The first-order chi connectivity index (χ1) is 8.01. The highest BCUT2D eigenvalue weighted by molar-refractivity contribution is 8.01. The number of aromatic hydroxyl groups is 1. The molecule has 0 spiro atoms. The van der Waals surface area contributed by atoms with Crippen molar-refractivity contribution in [1.82, 2.24) is 0 Å². The van der Waals surface area contributed by atoms with Crippen LogP contribution >= 0.6 is 11.8 Å². The van der Waals surface area contributed by atoms with Gasteiger partial charge in [-0.3, -0.25) is 4.79 Å². The van der Waals surface area contributed by atoms with E-state index in [2.05, 4.69) is 5.32 Å². The van der Waals surface area contributed by atoms with Crippen molar-refractivity contribution in [2.24, 2.45) is 0 Å². The third kappa shape index (κ3) is 2.57. The van der Waals surface area contributed by atoms with E-state index in [4.69, 9.17) is 0 Å². The molecule has 1 aromatic carbocycles. The van der Waals surface area contributed by atoms with Gasteiger partial charge in [-0.05, 0) is 44.1 Å². The maximum atomic E-state index is 12.1. The van der Waals surface area contributed by atoms with E-state index in [0.717, 1.165) is 24.2 Å². The molecule has 92 valence electrons. The maximum Gasteiger partial charge on any atom is 0.240 e. The van der Waals surface area contributed by atoms with Crippen LogP contribution in [0.5, 0.6) is 5.75 Å². The molecule has 0 radical (unpaired) electrons. The highest BCUT2D eigenvalue weighted by Gasteiger charge is 2.37. The minimum absolute atomic E-state index is 0.0308. The third-order valence-electron chi connectivity index (χ3n) is 3.17. The van der Waals surface area contributed by atoms with Gasteiger partial charge in [0.15, 0.2) is 0 Å². The Morgan fingerprint density at radius 3 is 2.88 bits per heavy atom. The van der Waals surface area contributed by atoms with Gasteiger partial charge in [-0.25, -0.2) is 0 Å². The van der Waals surface area contributed by atoms with Gasteiger partial charge in [-0.1, -0.05) is 6.07 Å². The summed E-state index contributed by atoms with van der Waals surface area (Å²) in [7, 11) is 0. The van der Waals surface area contributed by atoms with E-state index in [1.165, 1.54) is 0 Å². The molecule has 0 bridgehead atoms. The predicted molar refractivity (Wildman–Crippen MR) is 71.6 cm³/mol. The second-order valence-corrected chi connectivity index (χ2v) is 6.24. The third-order valence-corrected chi connectivity index (χ3v) is 4.69. The number of hydrogen-bond donors (Lipinski definition) is 2. The number of carbonyl (C=O) groups is 1. The van der Waals surface area contributed by atoms with Crippen molar-refractivity contribution in [2.75, 3.05) is 11.1 Å². The molecule has 2 N–H and O–H groups in total. The molecule has 1 unspecified atom stereocenters. The summed E-state index contributed by atoms with van der Waals surface area (Å²) in [5.74, 6) is 1.29. The molecular formula is C13H17NO2S. The number of anilines is 1. The molecule has 2 rings (SSSR count). The molecule has 3 nitrogen and oxygen atoms in total. The maximum absolute atomic E-state index is 12.1. The summed E-state index contributed by atoms with van der Waals surface area (Å²) in [5, 5.41) is 12.5. The number of thioether (sulfide) groups is 1. The van der Waals surface area contributed by atoms with Crippen molar-refractivity contribution in [1.29, 1.82) is 0 Å². The zero-order chi connectivity index (χ0) is 12.5. The van der Waals surface area contributed by atoms with Crippen LogP contribution in [0, 0.1) is 6.92 Å². The molecule has 1 amide bonds. The van der Waals surface area contributed by atoms with E-state index in [1.54, 1.807) is 23.9 Å². The Balaban J connectivity index is 2.10. The zero-order valence-electron chi connectivity index (χ0n) is 10.1. The second-order valence-electron chi connectivity index (χ2n) is 4.64. The van der Waals surface area contributed by atoms with Gasteiger partial charge in [0.05, 0.1) is 4.75 Å². The Morgan fingerprint density at radius 1 is 1.53 bits per heavy atom. The van der Waals surface area contributed by atoms with Crippen LogP contribution in [-0.4, -0.2) is 21.5 Å². The van der Waals surface area contributed by atoms with E-state index in [-0.39, 0.29) is 16.4 Å². The minimum Gasteiger partial charge on any atom is -0.508 e. The molecule has 0 aliphatic carbocycles. The topological polar surface area (TPSA) is 49.3 Å². The minimum atomic E-state index is -0.319. The lowest BCUT2D eigenvalue weighted by Gasteiger charge is -2.21. The summed E-state index contributed by atoms with van der Waals surface area (Å²) in [5.41, 5.74) is 1.47. The van der Waals surface area contributed by atoms with Crippen LogP contribution in [0.15, 0.2) is 18.2 Å². The van der Waals surface area contributed by atoms with Gasteiger partial charge in [0.25, 0.3) is 0 Å². The quantitative estimate of drug-likeness (QED) is 0.849. The summed E-state index contributed by atoms with van der Waals surface area (Å²) in [6.45, 7) is 3.81. The van der Waals surface area contributed by atoms with Crippen LogP contribution in [0.25, 0.3) is 0 Å². The lowest BCUT2D eigenvalue weighted by molar-refractivity contribution is -0.118. The number of rotatable bonds is 2. The van der Waals surface area contributed by atoms with Gasteiger partial charge in [-0.15, -0.1) is 11.8 Å². The van der Waals surface area contributed by atoms with Gasteiger partial charge in [0.2, 0.25) is 5.91 Å². The lowest BCUT2D eigenvalue weighted by atomic mass is 10.0. The molecular weight excluding hydrogens is 234 g/mol. The van der Waals surface area contributed by atoms with E-state index < -0.39 is 0 Å². The molecule has 17 heavy (non-hydrogen) atoms. The van der Waals surface area contributed by atoms with Crippen LogP contribution in [0.4, 0.5) is 5.69 Å². The summed E-state index contributed by atoms with van der Waals surface area (Å²) in [6.07, 6.45) is 2.01. The average molecular weight is 251 g/mol. The van der Waals surface area contributed by atoms with Crippen molar-refractivity contribution >= 4 is 23.4 Å². The fourth-order valence-corrected chi connectivity index (χ4v) is 3.12. The van der Waals surface area contributed by atoms with E-state index >= 15 is 0 Å². The van der Waals surface area contributed by atoms with Crippen LogP contribution < -0.4 is 5.32 Å². The first-order valence-electron chi connectivity index (χ1n) is 5.76. The molecule has 0 saturated carbocycles. The predicted octanol–water partition coefficient (Wildman–Crippen LogP) is 2.92. The molecule has 1 atom stereocenters. The summed E-state index contributed by atoms with van der Waals surface area (Å²) in [4.78, 5) is 12.1. The van der Waals surface area contributed by atoms with Crippen LogP contribution in [-0.2, 0) is 4.79 Å². The number of nitrogens with one attached hydrogen (secondary N) is 1. The normalized spacial score (nSPS) is 23.6. The van der Waals surface area contributed by atoms with Crippen LogP contribution in [0.2, 0.25) is 0 Å². The van der Waals surface area contributed by atoms with Crippen molar-refractivity contribution in [3.05, 3.63) is 23.8 Å². The number of hydrogen-bond acceptors (Lipinski definition) is 3. The first kappa shape index (κ1) is 12.3. The number of benzene rings is 1. The molecule has 1 heterocycles. The number of amides is 1. The summed E-state index contributed by atoms with van der Waals surface area (Å²) in [6, 6.07) is 5.21. The Kier molecular flexibility index (Phi) is 3.33. The number of aryl methyl sites for hydroxylation is 1. The summed E-state index contributed by atoms with van der Waals surface area (Å²) < 4.78 is -0.319. The monoisotopic (exact) mass is 251 g/mol. The van der Waals surface area contributed by atoms with E-state index in [9.17, 15) is 9.90 Å². The molecule has 1 aliphatic heterocycles. The Labute approximate surface area is 106 Å². The highest BCUT2D eigenvalue weighted by atomic mass is 32.2. The molecule has 1 fully saturated rings. The Hall–Kier alpha value is -1.16. The van der Waals surface area contributed by atoms with E-state index in [0.29, 0.717) is 5.69 Å². The molecule has 4 heteroatoms. The highest BCUT2D eigenvalue weighted by Crippen LogP contribution is 2.38. The van der Waals surface area contributed by atoms with Gasteiger partial charge in [0, 0.05) is 11.8 Å². The Bertz CT molecular complexity index is 439. The average Bonchev–Trinajstić information content (AvgIpc) is 2.72. The van der Waals surface area contributed by atoms with Gasteiger partial charge >= 0.3 is 0 Å². The number of phenols is 1. The van der Waals surface area contributed by atoms with Gasteiger partial charge in [-0.2, -0.15) is 0 Å². The lowest BCUT2D eigenvalue weighted by Crippen LogP contribution is -2.34. The van der Waals surface area contributed by atoms with Crippen molar-refractivity contribution in [2.45, 2.75) is 31.4 Å². The standard InChI is InChI=1S/C13H17NO2S/c1-9-4-5-10(8-11(9)15)14-12(16)13(2)6-3-7-17-13/h4-5,8,15H,3,6-7H2,1-2H3,(H,14,16). The number of carbonyl (C=O) groups excluding carboxylic acids is 1. The largest absolute Gasteiger partial charge is 0.508 e. The molecule has 1 saturated heterocycles. The van der Waals surface area contributed by atoms with Crippen molar-refractivity contribution in [3.8, 4) is 5.75 Å². The van der Waals surface area contributed by atoms with Crippen molar-refractivity contribution in [3.63, 3.8) is 0 Å². The fraction of sp³-hybridized carbons (Fsp3) is 0.462. The second kappa shape index (κ2) is 4.61. The van der Waals surface area contributed by atoms with E-state index in [1.807, 2.05) is 19.9 Å². The Morgan fingerprint density at radius 2 is 2.29 bits per heavy atom. The van der Waals surface area contributed by atoms with Gasteiger partial charge in [0.1, 0.15) is 5.75 Å². The van der Waals surface area contributed by atoms with Crippen LogP contribution in [0.3, 0.4) is 0 Å². The first-order valence-corrected chi connectivity index (χ1v) is 6.75. The molecule has 1 aliphatic rings. The van der Waals surface area contributed by atoms with Crippen LogP contribution in [0.1, 0.15) is 25.3 Å². The number of phenolic OH excluding ortho intramolecular Hbond substituents is 1. The fourth-order valence-electron chi connectivity index (χ4n) is 1.91. The molecule has 1 aromatic rings. The van der Waals surface area contributed by atoms with Gasteiger partial charge < -0.3 is 10.4 Å². The van der Waals surface area contributed by atoms with Crippen molar-refractivity contribution < 1.29 is 9.90 Å². The zero-order valence-corrected chi connectivity index (χ0v) is 10.9.